The van der Waals surface area contributed by atoms with Gasteiger partial charge in [-0.05, 0) is 37.6 Å². The summed E-state index contributed by atoms with van der Waals surface area (Å²) in [5.74, 6) is -0.0611. The maximum atomic E-state index is 13.0. The molecule has 0 unspecified atom stereocenters. The number of nitrogens with zero attached hydrogens (tertiary/aromatic N) is 4. The summed E-state index contributed by atoms with van der Waals surface area (Å²) in [6, 6.07) is 7.76. The van der Waals surface area contributed by atoms with Crippen LogP contribution in [0.2, 0.25) is 0 Å². The molecule has 3 heterocycles. The summed E-state index contributed by atoms with van der Waals surface area (Å²) < 4.78 is 5.40. The molecule has 1 aliphatic rings. The predicted molar refractivity (Wildman–Crippen MR) is 96.5 cm³/mol. The fourth-order valence-electron chi connectivity index (χ4n) is 2.88. The maximum absolute atomic E-state index is 13.0. The summed E-state index contributed by atoms with van der Waals surface area (Å²) in [6.45, 7) is 7.64. The first-order valence-electron chi connectivity index (χ1n) is 8.64. The van der Waals surface area contributed by atoms with Gasteiger partial charge in [0, 0.05) is 50.0 Å². The van der Waals surface area contributed by atoms with E-state index in [1.807, 2.05) is 43.0 Å². The summed E-state index contributed by atoms with van der Waals surface area (Å²) in [5, 5.41) is 0. The zero-order chi connectivity index (χ0) is 17.6. The number of hydrogen-bond donors (Lipinski definition) is 0. The molecule has 25 heavy (non-hydrogen) atoms. The van der Waals surface area contributed by atoms with E-state index in [0.29, 0.717) is 25.5 Å². The standard InChI is InChI=1S/C19H24N4O2/c1-15(2)23(14-16-4-3-6-20-13-16)19(24)18-12-17(5-7-21-18)22-8-10-25-11-9-22/h3-7,12-13,15H,8-11,14H2,1-2H3. The molecule has 1 fully saturated rings. The van der Waals surface area contributed by atoms with Gasteiger partial charge >= 0.3 is 0 Å². The minimum absolute atomic E-state index is 0.0611. The van der Waals surface area contributed by atoms with E-state index in [9.17, 15) is 4.79 Å². The van der Waals surface area contributed by atoms with Crippen LogP contribution in [-0.4, -0.2) is 53.1 Å². The summed E-state index contributed by atoms with van der Waals surface area (Å²) in [6.07, 6.45) is 5.24. The molecule has 1 amide bonds. The summed E-state index contributed by atoms with van der Waals surface area (Å²) in [4.78, 5) is 25.5. The molecule has 0 saturated carbocycles. The largest absolute Gasteiger partial charge is 0.378 e. The Kier molecular flexibility index (Phi) is 5.60. The van der Waals surface area contributed by atoms with E-state index in [4.69, 9.17) is 4.74 Å². The highest BCUT2D eigenvalue weighted by atomic mass is 16.5. The second-order valence-corrected chi connectivity index (χ2v) is 6.39. The number of carbonyl (C=O) groups is 1. The zero-order valence-corrected chi connectivity index (χ0v) is 14.8. The fraction of sp³-hybridized carbons (Fsp3) is 0.421. The van der Waals surface area contributed by atoms with E-state index in [1.54, 1.807) is 18.6 Å². The lowest BCUT2D eigenvalue weighted by molar-refractivity contribution is 0.0684. The first kappa shape index (κ1) is 17.4. The lowest BCUT2D eigenvalue weighted by Crippen LogP contribution is -2.38. The van der Waals surface area contributed by atoms with Crippen LogP contribution in [-0.2, 0) is 11.3 Å². The molecule has 0 N–H and O–H groups in total. The van der Waals surface area contributed by atoms with E-state index < -0.39 is 0 Å². The van der Waals surface area contributed by atoms with Crippen LogP contribution in [0.5, 0.6) is 0 Å². The van der Waals surface area contributed by atoms with E-state index in [-0.39, 0.29) is 11.9 Å². The van der Waals surface area contributed by atoms with E-state index >= 15 is 0 Å². The molecule has 1 aliphatic heterocycles. The first-order valence-corrected chi connectivity index (χ1v) is 8.64. The van der Waals surface area contributed by atoms with Gasteiger partial charge in [-0.3, -0.25) is 14.8 Å². The van der Waals surface area contributed by atoms with Crippen LogP contribution >= 0.6 is 0 Å². The number of anilines is 1. The average molecular weight is 340 g/mol. The van der Waals surface area contributed by atoms with Gasteiger partial charge in [-0.1, -0.05) is 6.07 Å². The van der Waals surface area contributed by atoms with Crippen LogP contribution in [0, 0.1) is 0 Å². The Hall–Kier alpha value is -2.47. The lowest BCUT2D eigenvalue weighted by Gasteiger charge is -2.30. The molecule has 0 radical (unpaired) electrons. The van der Waals surface area contributed by atoms with Crippen LogP contribution in [0.3, 0.4) is 0 Å². The van der Waals surface area contributed by atoms with Crippen molar-refractivity contribution >= 4 is 11.6 Å². The second-order valence-electron chi connectivity index (χ2n) is 6.39. The third-order valence-corrected chi connectivity index (χ3v) is 4.30. The molecule has 0 bridgehead atoms. The van der Waals surface area contributed by atoms with Crippen molar-refractivity contribution in [2.45, 2.75) is 26.4 Å². The number of morpholine rings is 1. The Morgan fingerprint density at radius 3 is 2.76 bits per heavy atom. The van der Waals surface area contributed by atoms with Gasteiger partial charge in [0.15, 0.2) is 0 Å². The van der Waals surface area contributed by atoms with Crippen LogP contribution in [0.15, 0.2) is 42.9 Å². The van der Waals surface area contributed by atoms with Gasteiger partial charge < -0.3 is 14.5 Å². The highest BCUT2D eigenvalue weighted by Gasteiger charge is 2.21. The van der Waals surface area contributed by atoms with Crippen molar-refractivity contribution < 1.29 is 9.53 Å². The molecule has 2 aromatic rings. The molecule has 0 spiro atoms. The molecule has 132 valence electrons. The number of hydrogen-bond acceptors (Lipinski definition) is 5. The Labute approximate surface area is 148 Å². The van der Waals surface area contributed by atoms with Gasteiger partial charge in [0.05, 0.1) is 13.2 Å². The van der Waals surface area contributed by atoms with Gasteiger partial charge in [-0.25, -0.2) is 0 Å². The van der Waals surface area contributed by atoms with Crippen LogP contribution in [0.4, 0.5) is 5.69 Å². The fourth-order valence-corrected chi connectivity index (χ4v) is 2.88. The van der Waals surface area contributed by atoms with Crippen LogP contribution in [0.25, 0.3) is 0 Å². The maximum Gasteiger partial charge on any atom is 0.273 e. The second kappa shape index (κ2) is 8.07. The van der Waals surface area contributed by atoms with Crippen molar-refractivity contribution in [1.29, 1.82) is 0 Å². The molecule has 0 aromatic carbocycles. The number of carbonyl (C=O) groups excluding carboxylic acids is 1. The molecule has 0 atom stereocenters. The van der Waals surface area contributed by atoms with Gasteiger partial charge in [-0.15, -0.1) is 0 Å². The quantitative estimate of drug-likeness (QED) is 0.836. The van der Waals surface area contributed by atoms with Crippen LogP contribution in [0.1, 0.15) is 29.9 Å². The van der Waals surface area contributed by atoms with Crippen molar-refractivity contribution in [1.82, 2.24) is 14.9 Å². The predicted octanol–water partition coefficient (Wildman–Crippen LogP) is 2.36. The number of rotatable bonds is 5. The molecule has 1 saturated heterocycles. The van der Waals surface area contributed by atoms with Gasteiger partial charge in [0.2, 0.25) is 0 Å². The smallest absolute Gasteiger partial charge is 0.273 e. The monoisotopic (exact) mass is 340 g/mol. The normalized spacial score (nSPS) is 14.6. The third-order valence-electron chi connectivity index (χ3n) is 4.30. The zero-order valence-electron chi connectivity index (χ0n) is 14.8. The molecule has 6 nitrogen and oxygen atoms in total. The third kappa shape index (κ3) is 4.33. The van der Waals surface area contributed by atoms with Gasteiger partial charge in [0.25, 0.3) is 5.91 Å². The number of ether oxygens (including phenoxy) is 1. The van der Waals surface area contributed by atoms with Crippen molar-refractivity contribution in [2.24, 2.45) is 0 Å². The van der Waals surface area contributed by atoms with Crippen molar-refractivity contribution in [2.75, 3.05) is 31.2 Å². The summed E-state index contributed by atoms with van der Waals surface area (Å²) in [5.41, 5.74) is 2.50. The number of pyridine rings is 2. The van der Waals surface area contributed by atoms with Crippen molar-refractivity contribution in [3.05, 3.63) is 54.1 Å². The minimum atomic E-state index is -0.0611. The average Bonchev–Trinajstić information content (AvgIpc) is 2.67. The molecule has 2 aromatic heterocycles. The Bertz CT molecular complexity index is 700. The molecule has 3 rings (SSSR count). The number of amides is 1. The topological polar surface area (TPSA) is 58.6 Å². The summed E-state index contributed by atoms with van der Waals surface area (Å²) >= 11 is 0. The van der Waals surface area contributed by atoms with Crippen LogP contribution < -0.4 is 4.90 Å². The highest BCUT2D eigenvalue weighted by Crippen LogP contribution is 2.18. The molecular weight excluding hydrogens is 316 g/mol. The SMILES string of the molecule is CC(C)N(Cc1cccnc1)C(=O)c1cc(N2CCOCC2)ccn1. The summed E-state index contributed by atoms with van der Waals surface area (Å²) in [7, 11) is 0. The van der Waals surface area contributed by atoms with E-state index in [2.05, 4.69) is 14.9 Å². The van der Waals surface area contributed by atoms with E-state index in [1.165, 1.54) is 0 Å². The van der Waals surface area contributed by atoms with E-state index in [0.717, 1.165) is 24.3 Å². The Balaban J connectivity index is 1.79. The van der Waals surface area contributed by atoms with Gasteiger partial charge in [0.1, 0.15) is 5.69 Å². The Morgan fingerprint density at radius 2 is 2.08 bits per heavy atom. The molecule has 0 aliphatic carbocycles. The van der Waals surface area contributed by atoms with Gasteiger partial charge in [-0.2, -0.15) is 0 Å². The lowest BCUT2D eigenvalue weighted by atomic mass is 10.2. The highest BCUT2D eigenvalue weighted by molar-refractivity contribution is 5.93. The molecular formula is C19H24N4O2. The Morgan fingerprint density at radius 1 is 1.28 bits per heavy atom. The van der Waals surface area contributed by atoms with Crippen molar-refractivity contribution in [3.63, 3.8) is 0 Å². The first-order chi connectivity index (χ1) is 12.1. The molecule has 6 heteroatoms. The van der Waals surface area contributed by atoms with Crippen molar-refractivity contribution in [3.8, 4) is 0 Å². The minimum Gasteiger partial charge on any atom is -0.378 e. The number of aromatic nitrogens is 2.